The van der Waals surface area contributed by atoms with Gasteiger partial charge in [0.2, 0.25) is 5.91 Å². The summed E-state index contributed by atoms with van der Waals surface area (Å²) in [6.45, 7) is 2.39. The third-order valence-electron chi connectivity index (χ3n) is 4.00. The average molecular weight is 287 g/mol. The highest BCUT2D eigenvalue weighted by molar-refractivity contribution is 5.77. The molecule has 1 atom stereocenters. The monoisotopic (exact) mass is 287 g/mol. The zero-order valence-corrected chi connectivity index (χ0v) is 12.3. The summed E-state index contributed by atoms with van der Waals surface area (Å²) in [6, 6.07) is 7.92. The molecular weight excluding hydrogens is 266 g/mol. The normalized spacial score (nSPS) is 18.2. The Morgan fingerprint density at radius 1 is 1.48 bits per heavy atom. The molecule has 1 aliphatic rings. The van der Waals surface area contributed by atoms with Gasteiger partial charge in [0, 0.05) is 39.0 Å². The number of aromatic nitrogens is 2. The summed E-state index contributed by atoms with van der Waals surface area (Å²) in [5.41, 5.74) is 1.98. The molecule has 1 amide bonds. The molecule has 1 saturated heterocycles. The fourth-order valence-corrected chi connectivity index (χ4v) is 2.76. The van der Waals surface area contributed by atoms with Gasteiger partial charge in [-0.1, -0.05) is 12.1 Å². The Hall–Kier alpha value is -1.88. The third-order valence-corrected chi connectivity index (χ3v) is 4.00. The lowest BCUT2D eigenvalue weighted by Gasteiger charge is -2.20. The zero-order chi connectivity index (χ0) is 14.7. The van der Waals surface area contributed by atoms with Crippen molar-refractivity contribution in [1.82, 2.24) is 14.9 Å². The quantitative estimate of drug-likeness (QED) is 0.915. The van der Waals surface area contributed by atoms with E-state index < -0.39 is 0 Å². The molecule has 2 heterocycles. The molecule has 0 unspecified atom stereocenters. The van der Waals surface area contributed by atoms with Crippen LogP contribution in [0.4, 0.5) is 0 Å². The molecule has 0 radical (unpaired) electrons. The highest BCUT2D eigenvalue weighted by Gasteiger charge is 2.20. The Kier molecular flexibility index (Phi) is 4.20. The Labute approximate surface area is 124 Å². The molecule has 1 fully saturated rings. The van der Waals surface area contributed by atoms with E-state index >= 15 is 0 Å². The van der Waals surface area contributed by atoms with E-state index in [1.165, 1.54) is 0 Å². The SMILES string of the molecule is CN(C[C@@H]1CCOC1)C(=O)CCc1nc2ccccc2[nH]1. The minimum Gasteiger partial charge on any atom is -0.381 e. The van der Waals surface area contributed by atoms with Gasteiger partial charge in [0.15, 0.2) is 0 Å². The first-order valence-electron chi connectivity index (χ1n) is 7.47. The second kappa shape index (κ2) is 6.26. The summed E-state index contributed by atoms with van der Waals surface area (Å²) in [7, 11) is 1.87. The lowest BCUT2D eigenvalue weighted by atomic mass is 10.1. The molecule has 2 aromatic rings. The first-order chi connectivity index (χ1) is 10.2. The fraction of sp³-hybridized carbons (Fsp3) is 0.500. The van der Waals surface area contributed by atoms with E-state index in [4.69, 9.17) is 4.74 Å². The third kappa shape index (κ3) is 3.42. The Morgan fingerprint density at radius 2 is 2.33 bits per heavy atom. The van der Waals surface area contributed by atoms with Gasteiger partial charge in [-0.05, 0) is 18.6 Å². The topological polar surface area (TPSA) is 58.2 Å². The van der Waals surface area contributed by atoms with Crippen molar-refractivity contribution in [3.05, 3.63) is 30.1 Å². The number of ether oxygens (including phenoxy) is 1. The lowest BCUT2D eigenvalue weighted by molar-refractivity contribution is -0.130. The summed E-state index contributed by atoms with van der Waals surface area (Å²) in [5.74, 6) is 1.54. The van der Waals surface area contributed by atoms with E-state index in [0.717, 1.165) is 43.0 Å². The van der Waals surface area contributed by atoms with Crippen LogP contribution in [0, 0.1) is 5.92 Å². The van der Waals surface area contributed by atoms with E-state index in [-0.39, 0.29) is 5.91 Å². The number of aryl methyl sites for hydroxylation is 1. The molecule has 0 bridgehead atoms. The Bertz CT molecular complexity index is 584. The summed E-state index contributed by atoms with van der Waals surface area (Å²) in [6.07, 6.45) is 2.20. The summed E-state index contributed by atoms with van der Waals surface area (Å²) < 4.78 is 5.35. The Balaban J connectivity index is 1.52. The number of benzene rings is 1. The number of carbonyl (C=O) groups is 1. The predicted molar refractivity (Wildman–Crippen MR) is 81.0 cm³/mol. The van der Waals surface area contributed by atoms with E-state index in [1.807, 2.05) is 36.2 Å². The van der Waals surface area contributed by atoms with Crippen molar-refractivity contribution in [3.8, 4) is 0 Å². The van der Waals surface area contributed by atoms with Crippen LogP contribution < -0.4 is 0 Å². The molecule has 1 aromatic heterocycles. The molecule has 21 heavy (non-hydrogen) atoms. The maximum absolute atomic E-state index is 12.2. The van der Waals surface area contributed by atoms with Gasteiger partial charge >= 0.3 is 0 Å². The van der Waals surface area contributed by atoms with Gasteiger partial charge in [-0.25, -0.2) is 4.98 Å². The van der Waals surface area contributed by atoms with Crippen molar-refractivity contribution >= 4 is 16.9 Å². The van der Waals surface area contributed by atoms with Gasteiger partial charge in [-0.15, -0.1) is 0 Å². The number of fused-ring (bicyclic) bond motifs is 1. The van der Waals surface area contributed by atoms with Crippen LogP contribution in [0.5, 0.6) is 0 Å². The molecule has 5 heteroatoms. The van der Waals surface area contributed by atoms with Crippen LogP contribution in [-0.4, -0.2) is 47.6 Å². The van der Waals surface area contributed by atoms with Gasteiger partial charge in [-0.3, -0.25) is 4.79 Å². The van der Waals surface area contributed by atoms with Crippen molar-refractivity contribution in [2.24, 2.45) is 5.92 Å². The number of nitrogens with zero attached hydrogens (tertiary/aromatic N) is 2. The number of imidazole rings is 1. The van der Waals surface area contributed by atoms with Gasteiger partial charge < -0.3 is 14.6 Å². The first-order valence-corrected chi connectivity index (χ1v) is 7.47. The smallest absolute Gasteiger partial charge is 0.222 e. The molecule has 3 rings (SSSR count). The standard InChI is InChI=1S/C16H21N3O2/c1-19(10-12-8-9-21-11-12)16(20)7-6-15-17-13-4-2-3-5-14(13)18-15/h2-5,12H,6-11H2,1H3,(H,17,18)/t12-/m0/s1. The first kappa shape index (κ1) is 14.1. The molecule has 0 spiro atoms. The van der Waals surface area contributed by atoms with E-state index in [2.05, 4.69) is 9.97 Å². The van der Waals surface area contributed by atoms with Gasteiger partial charge in [0.25, 0.3) is 0 Å². The van der Waals surface area contributed by atoms with Crippen LogP contribution in [0.1, 0.15) is 18.7 Å². The van der Waals surface area contributed by atoms with Crippen LogP contribution in [0.3, 0.4) is 0 Å². The number of hydrogen-bond acceptors (Lipinski definition) is 3. The molecule has 1 aliphatic heterocycles. The van der Waals surface area contributed by atoms with Gasteiger partial charge in [-0.2, -0.15) is 0 Å². The highest BCUT2D eigenvalue weighted by Crippen LogP contribution is 2.15. The fourth-order valence-electron chi connectivity index (χ4n) is 2.76. The largest absolute Gasteiger partial charge is 0.381 e. The lowest BCUT2D eigenvalue weighted by Crippen LogP contribution is -2.32. The van der Waals surface area contributed by atoms with Crippen molar-refractivity contribution in [2.75, 3.05) is 26.8 Å². The maximum atomic E-state index is 12.2. The summed E-state index contributed by atoms with van der Waals surface area (Å²) in [4.78, 5) is 21.7. The van der Waals surface area contributed by atoms with Crippen LogP contribution >= 0.6 is 0 Å². The minimum atomic E-state index is 0.169. The average Bonchev–Trinajstić information content (AvgIpc) is 3.13. The molecule has 1 aromatic carbocycles. The van der Waals surface area contributed by atoms with E-state index in [9.17, 15) is 4.79 Å². The molecular formula is C16H21N3O2. The van der Waals surface area contributed by atoms with Gasteiger partial charge in [0.1, 0.15) is 5.82 Å². The predicted octanol–water partition coefficient (Wildman–Crippen LogP) is 1.99. The maximum Gasteiger partial charge on any atom is 0.222 e. The number of carbonyl (C=O) groups excluding carboxylic acids is 1. The van der Waals surface area contributed by atoms with Crippen LogP contribution in [-0.2, 0) is 16.0 Å². The summed E-state index contributed by atoms with van der Waals surface area (Å²) in [5, 5.41) is 0. The van der Waals surface area contributed by atoms with Gasteiger partial charge in [0.05, 0.1) is 17.6 Å². The van der Waals surface area contributed by atoms with E-state index in [1.54, 1.807) is 0 Å². The second-order valence-corrected chi connectivity index (χ2v) is 5.70. The molecule has 0 aliphatic carbocycles. The summed E-state index contributed by atoms with van der Waals surface area (Å²) >= 11 is 0. The van der Waals surface area contributed by atoms with Crippen molar-refractivity contribution in [1.29, 1.82) is 0 Å². The minimum absolute atomic E-state index is 0.169. The van der Waals surface area contributed by atoms with Crippen molar-refractivity contribution in [3.63, 3.8) is 0 Å². The Morgan fingerprint density at radius 3 is 3.10 bits per heavy atom. The van der Waals surface area contributed by atoms with Crippen LogP contribution in [0.15, 0.2) is 24.3 Å². The second-order valence-electron chi connectivity index (χ2n) is 5.70. The van der Waals surface area contributed by atoms with Crippen LogP contribution in [0.2, 0.25) is 0 Å². The number of nitrogens with one attached hydrogen (secondary N) is 1. The number of para-hydroxylation sites is 2. The van der Waals surface area contributed by atoms with Crippen LogP contribution in [0.25, 0.3) is 11.0 Å². The number of hydrogen-bond donors (Lipinski definition) is 1. The molecule has 112 valence electrons. The van der Waals surface area contributed by atoms with E-state index in [0.29, 0.717) is 18.8 Å². The highest BCUT2D eigenvalue weighted by atomic mass is 16.5. The molecule has 0 saturated carbocycles. The molecule has 5 nitrogen and oxygen atoms in total. The van der Waals surface area contributed by atoms with Crippen molar-refractivity contribution < 1.29 is 9.53 Å². The number of amides is 1. The number of H-pyrrole nitrogens is 1. The zero-order valence-electron chi connectivity index (χ0n) is 12.3. The number of aromatic amines is 1. The number of rotatable bonds is 5. The molecule has 1 N–H and O–H groups in total. The van der Waals surface area contributed by atoms with Crippen molar-refractivity contribution in [2.45, 2.75) is 19.3 Å².